The van der Waals surface area contributed by atoms with Crippen LogP contribution in [0.5, 0.6) is 17.2 Å². The van der Waals surface area contributed by atoms with Crippen LogP contribution in [0.2, 0.25) is 5.02 Å². The minimum Gasteiger partial charge on any atom is -0.491 e. The van der Waals surface area contributed by atoms with Crippen molar-refractivity contribution in [3.8, 4) is 17.2 Å². The number of hydrogen-bond donors (Lipinski definition) is 3. The normalized spacial score (nSPS) is 10.9. The van der Waals surface area contributed by atoms with E-state index in [1.807, 2.05) is 0 Å². The monoisotopic (exact) mass is 494 g/mol. The molecule has 0 aliphatic carbocycles. The SMILES string of the molecule is CNC(=O)c1nccc(Oc2cccc(NC(=O)Nc3ccc(Cl)c(C(F)(F)F)c3)c2)c1OC. The van der Waals surface area contributed by atoms with Gasteiger partial charge in [-0.05, 0) is 30.3 Å². The molecule has 0 spiro atoms. The van der Waals surface area contributed by atoms with Crippen LogP contribution in [0.25, 0.3) is 0 Å². The van der Waals surface area contributed by atoms with Crippen LogP contribution in [-0.2, 0) is 6.18 Å². The molecule has 0 bridgehead atoms. The number of amides is 3. The van der Waals surface area contributed by atoms with Crippen molar-refractivity contribution in [1.82, 2.24) is 10.3 Å². The Morgan fingerprint density at radius 2 is 1.74 bits per heavy atom. The maximum atomic E-state index is 13.0. The number of aromatic nitrogens is 1. The van der Waals surface area contributed by atoms with Crippen molar-refractivity contribution >= 4 is 34.9 Å². The molecule has 12 heteroatoms. The minimum absolute atomic E-state index is 0.0253. The van der Waals surface area contributed by atoms with E-state index in [0.29, 0.717) is 5.69 Å². The Bertz CT molecular complexity index is 1220. The molecule has 1 heterocycles. The highest BCUT2D eigenvalue weighted by molar-refractivity contribution is 6.31. The summed E-state index contributed by atoms with van der Waals surface area (Å²) >= 11 is 5.59. The van der Waals surface area contributed by atoms with Crippen molar-refractivity contribution in [3.05, 3.63) is 71.0 Å². The fourth-order valence-corrected chi connectivity index (χ4v) is 3.09. The van der Waals surface area contributed by atoms with Crippen LogP contribution in [0.15, 0.2) is 54.7 Å². The molecule has 3 aromatic rings. The average Bonchev–Trinajstić information content (AvgIpc) is 2.79. The number of anilines is 2. The summed E-state index contributed by atoms with van der Waals surface area (Å²) in [6.07, 6.45) is -3.29. The Hall–Kier alpha value is -3.99. The Balaban J connectivity index is 1.75. The van der Waals surface area contributed by atoms with Gasteiger partial charge in [-0.1, -0.05) is 17.7 Å². The molecule has 0 fully saturated rings. The van der Waals surface area contributed by atoms with E-state index in [9.17, 15) is 22.8 Å². The van der Waals surface area contributed by atoms with Crippen molar-refractivity contribution in [3.63, 3.8) is 0 Å². The van der Waals surface area contributed by atoms with Crippen molar-refractivity contribution in [1.29, 1.82) is 0 Å². The van der Waals surface area contributed by atoms with E-state index >= 15 is 0 Å². The fraction of sp³-hybridized carbons (Fsp3) is 0.136. The molecule has 0 unspecified atom stereocenters. The van der Waals surface area contributed by atoms with E-state index in [0.717, 1.165) is 12.1 Å². The second-order valence-electron chi connectivity index (χ2n) is 6.67. The molecule has 0 radical (unpaired) electrons. The van der Waals surface area contributed by atoms with E-state index in [2.05, 4.69) is 20.9 Å². The summed E-state index contributed by atoms with van der Waals surface area (Å²) in [7, 11) is 2.81. The Kier molecular flexibility index (Phi) is 7.47. The molecule has 2 aromatic carbocycles. The van der Waals surface area contributed by atoms with Crippen LogP contribution >= 0.6 is 11.6 Å². The topological polar surface area (TPSA) is 102 Å². The highest BCUT2D eigenvalue weighted by Gasteiger charge is 2.33. The first kappa shape index (κ1) is 24.6. The lowest BCUT2D eigenvalue weighted by atomic mass is 10.2. The number of benzene rings is 2. The first-order valence-electron chi connectivity index (χ1n) is 9.60. The van der Waals surface area contributed by atoms with Crippen LogP contribution in [0.4, 0.5) is 29.3 Å². The average molecular weight is 495 g/mol. The predicted molar refractivity (Wildman–Crippen MR) is 120 cm³/mol. The van der Waals surface area contributed by atoms with Gasteiger partial charge in [0.1, 0.15) is 5.75 Å². The van der Waals surface area contributed by atoms with Crippen molar-refractivity contribution < 1.29 is 32.2 Å². The predicted octanol–water partition coefficient (Wildman–Crippen LogP) is 5.56. The summed E-state index contributed by atoms with van der Waals surface area (Å²) in [6, 6.07) is 9.95. The third kappa shape index (κ3) is 5.87. The molecule has 8 nitrogen and oxygen atoms in total. The van der Waals surface area contributed by atoms with Gasteiger partial charge in [0, 0.05) is 36.8 Å². The van der Waals surface area contributed by atoms with Gasteiger partial charge in [-0.25, -0.2) is 9.78 Å². The largest absolute Gasteiger partial charge is 0.491 e. The third-order valence-corrected chi connectivity index (χ3v) is 4.69. The lowest BCUT2D eigenvalue weighted by Crippen LogP contribution is -2.20. The van der Waals surface area contributed by atoms with Gasteiger partial charge in [0.15, 0.2) is 17.2 Å². The maximum absolute atomic E-state index is 13.0. The first-order valence-corrected chi connectivity index (χ1v) is 9.98. The van der Waals surface area contributed by atoms with E-state index in [-0.39, 0.29) is 28.6 Å². The van der Waals surface area contributed by atoms with Gasteiger partial charge < -0.3 is 25.4 Å². The molecule has 0 aliphatic heterocycles. The number of carbonyl (C=O) groups excluding carboxylic acids is 2. The van der Waals surface area contributed by atoms with Gasteiger partial charge in [-0.15, -0.1) is 0 Å². The highest BCUT2D eigenvalue weighted by Crippen LogP contribution is 2.36. The summed E-state index contributed by atoms with van der Waals surface area (Å²) in [6.45, 7) is 0. The van der Waals surface area contributed by atoms with Crippen LogP contribution in [-0.4, -0.2) is 31.1 Å². The minimum atomic E-state index is -4.66. The van der Waals surface area contributed by atoms with E-state index in [1.54, 1.807) is 18.2 Å². The van der Waals surface area contributed by atoms with Gasteiger partial charge in [-0.2, -0.15) is 13.2 Å². The van der Waals surface area contributed by atoms with Crippen molar-refractivity contribution in [2.24, 2.45) is 0 Å². The van der Waals surface area contributed by atoms with Crippen LogP contribution < -0.4 is 25.4 Å². The zero-order valence-corrected chi connectivity index (χ0v) is 18.5. The Morgan fingerprint density at radius 1 is 1.03 bits per heavy atom. The van der Waals surface area contributed by atoms with Crippen molar-refractivity contribution in [2.45, 2.75) is 6.18 Å². The zero-order valence-electron chi connectivity index (χ0n) is 17.8. The molecule has 3 amide bonds. The summed E-state index contributed by atoms with van der Waals surface area (Å²) in [5.74, 6) is 0.140. The quantitative estimate of drug-likeness (QED) is 0.416. The molecule has 0 atom stereocenters. The number of urea groups is 1. The summed E-state index contributed by atoms with van der Waals surface area (Å²) < 4.78 is 50.1. The lowest BCUT2D eigenvalue weighted by molar-refractivity contribution is -0.137. The number of halogens is 4. The van der Waals surface area contributed by atoms with Gasteiger partial charge in [0.25, 0.3) is 5.91 Å². The van der Waals surface area contributed by atoms with Crippen molar-refractivity contribution in [2.75, 3.05) is 24.8 Å². The highest BCUT2D eigenvalue weighted by atomic mass is 35.5. The number of ether oxygens (including phenoxy) is 2. The standard InChI is InChI=1S/C22H18ClF3N4O4/c1-27-20(31)18-19(33-2)17(8-9-28-18)34-14-5-3-4-12(10-14)29-21(32)30-13-6-7-16(23)15(11-13)22(24,25)26/h3-11H,1-2H3,(H,27,31)(H2,29,30,32). The number of methoxy groups -OCH3 is 1. The number of carbonyl (C=O) groups is 2. The van der Waals surface area contributed by atoms with Crippen LogP contribution in [0.3, 0.4) is 0 Å². The summed E-state index contributed by atoms with van der Waals surface area (Å²) in [5, 5.41) is 6.80. The molecule has 0 aliphatic rings. The lowest BCUT2D eigenvalue weighted by Gasteiger charge is -2.14. The second-order valence-corrected chi connectivity index (χ2v) is 7.08. The first-order chi connectivity index (χ1) is 16.1. The maximum Gasteiger partial charge on any atom is 0.417 e. The number of rotatable bonds is 6. The van der Waals surface area contributed by atoms with E-state index in [1.165, 1.54) is 38.6 Å². The molecule has 3 N–H and O–H groups in total. The number of nitrogens with one attached hydrogen (secondary N) is 3. The van der Waals surface area contributed by atoms with Crippen LogP contribution in [0.1, 0.15) is 16.1 Å². The van der Waals surface area contributed by atoms with Crippen LogP contribution in [0, 0.1) is 0 Å². The smallest absolute Gasteiger partial charge is 0.417 e. The molecule has 0 saturated heterocycles. The van der Waals surface area contributed by atoms with E-state index in [4.69, 9.17) is 21.1 Å². The van der Waals surface area contributed by atoms with Gasteiger partial charge in [0.05, 0.1) is 17.7 Å². The second kappa shape index (κ2) is 10.3. The number of alkyl halides is 3. The number of pyridine rings is 1. The van der Waals surface area contributed by atoms with Gasteiger partial charge >= 0.3 is 12.2 Å². The molecular formula is C22H18ClF3N4O4. The molecule has 3 rings (SSSR count). The zero-order chi connectivity index (χ0) is 24.9. The van der Waals surface area contributed by atoms with E-state index < -0.39 is 28.7 Å². The third-order valence-electron chi connectivity index (χ3n) is 4.36. The molecule has 1 aromatic heterocycles. The molecule has 34 heavy (non-hydrogen) atoms. The molecular weight excluding hydrogens is 477 g/mol. The Morgan fingerprint density at radius 3 is 2.38 bits per heavy atom. The number of hydrogen-bond acceptors (Lipinski definition) is 5. The fourth-order valence-electron chi connectivity index (χ4n) is 2.87. The summed E-state index contributed by atoms with van der Waals surface area (Å²) in [4.78, 5) is 28.3. The van der Waals surface area contributed by atoms with Gasteiger partial charge in [0.2, 0.25) is 0 Å². The molecule has 0 saturated carbocycles. The number of nitrogens with zero attached hydrogens (tertiary/aromatic N) is 1. The Labute approximate surface area is 197 Å². The van der Waals surface area contributed by atoms with Gasteiger partial charge in [-0.3, -0.25) is 4.79 Å². The summed E-state index contributed by atoms with van der Waals surface area (Å²) in [5.41, 5.74) is -0.841. The molecule has 178 valence electrons.